The number of hydrogen-bond acceptors (Lipinski definition) is 3. The maximum Gasteiger partial charge on any atom is 0.140 e. The molecular formula is C13H20N4. The van der Waals surface area contributed by atoms with Gasteiger partial charge in [-0.1, -0.05) is 6.92 Å². The lowest BCUT2D eigenvalue weighted by Crippen LogP contribution is -2.30. The molecule has 1 aromatic rings. The second-order valence-corrected chi connectivity index (χ2v) is 4.66. The first-order valence-corrected chi connectivity index (χ1v) is 6.22. The van der Waals surface area contributed by atoms with Crippen molar-refractivity contribution in [2.45, 2.75) is 39.2 Å². The van der Waals surface area contributed by atoms with Crippen LogP contribution >= 0.6 is 0 Å². The fraction of sp³-hybridized carbons (Fsp3) is 0.538. The van der Waals surface area contributed by atoms with Crippen LogP contribution in [0.2, 0.25) is 0 Å². The molecule has 0 spiro atoms. The van der Waals surface area contributed by atoms with Gasteiger partial charge in [0.2, 0.25) is 0 Å². The summed E-state index contributed by atoms with van der Waals surface area (Å²) in [6.07, 6.45) is 3.55. The number of hydrogen-bond donors (Lipinski definition) is 2. The molecule has 0 atom stereocenters. The Morgan fingerprint density at radius 3 is 2.76 bits per heavy atom. The van der Waals surface area contributed by atoms with Crippen LogP contribution in [0.15, 0.2) is 12.1 Å². The van der Waals surface area contributed by atoms with Crippen LogP contribution in [-0.4, -0.2) is 23.4 Å². The van der Waals surface area contributed by atoms with Gasteiger partial charge in [0.05, 0.1) is 5.56 Å². The summed E-state index contributed by atoms with van der Waals surface area (Å²) >= 11 is 0. The largest absolute Gasteiger partial charge is 0.384 e. The molecule has 1 saturated carbocycles. The molecule has 0 bridgehead atoms. The molecule has 1 aliphatic carbocycles. The lowest BCUT2D eigenvalue weighted by Gasteiger charge is -2.25. The summed E-state index contributed by atoms with van der Waals surface area (Å²) in [6.45, 7) is 5.13. The predicted octanol–water partition coefficient (Wildman–Crippen LogP) is 2.05. The number of nitrogen functional groups attached to an aromatic ring is 1. The van der Waals surface area contributed by atoms with Crippen molar-refractivity contribution in [1.29, 1.82) is 5.41 Å². The topological polar surface area (TPSA) is 66.0 Å². The maximum atomic E-state index is 7.64. The molecule has 0 aliphatic heterocycles. The fourth-order valence-corrected chi connectivity index (χ4v) is 2.06. The van der Waals surface area contributed by atoms with Crippen LogP contribution in [0.4, 0.5) is 5.82 Å². The van der Waals surface area contributed by atoms with E-state index >= 15 is 0 Å². The van der Waals surface area contributed by atoms with Crippen LogP contribution in [-0.2, 0) is 0 Å². The molecule has 0 amide bonds. The average Bonchev–Trinajstić information content (AvgIpc) is 3.09. The highest BCUT2D eigenvalue weighted by atomic mass is 15.2. The lowest BCUT2D eigenvalue weighted by atomic mass is 10.2. The highest BCUT2D eigenvalue weighted by Gasteiger charge is 2.31. The summed E-state index contributed by atoms with van der Waals surface area (Å²) in [5.74, 6) is 0.996. The minimum atomic E-state index is 0.106. The third-order valence-electron chi connectivity index (χ3n) is 3.03. The fourth-order valence-electron chi connectivity index (χ4n) is 2.06. The quantitative estimate of drug-likeness (QED) is 0.603. The third-order valence-corrected chi connectivity index (χ3v) is 3.03. The Bertz CT molecular complexity index is 423. The van der Waals surface area contributed by atoms with E-state index in [0.29, 0.717) is 6.04 Å². The van der Waals surface area contributed by atoms with Crippen molar-refractivity contribution in [3.05, 3.63) is 23.4 Å². The minimum Gasteiger partial charge on any atom is -0.384 e. The monoisotopic (exact) mass is 232 g/mol. The molecule has 4 heteroatoms. The smallest absolute Gasteiger partial charge is 0.140 e. The molecule has 1 fully saturated rings. The van der Waals surface area contributed by atoms with Crippen LogP contribution in [0.5, 0.6) is 0 Å². The first-order valence-electron chi connectivity index (χ1n) is 6.22. The van der Waals surface area contributed by atoms with E-state index in [1.54, 1.807) is 0 Å². The molecule has 0 unspecified atom stereocenters. The van der Waals surface area contributed by atoms with Gasteiger partial charge in [-0.05, 0) is 38.3 Å². The van der Waals surface area contributed by atoms with E-state index < -0.39 is 0 Å². The van der Waals surface area contributed by atoms with E-state index in [2.05, 4.69) is 16.8 Å². The summed E-state index contributed by atoms with van der Waals surface area (Å²) in [6, 6.07) is 4.42. The molecule has 0 saturated heterocycles. The van der Waals surface area contributed by atoms with Gasteiger partial charge in [0.1, 0.15) is 11.7 Å². The highest BCUT2D eigenvalue weighted by molar-refractivity contribution is 5.99. The Morgan fingerprint density at radius 2 is 2.24 bits per heavy atom. The van der Waals surface area contributed by atoms with Gasteiger partial charge >= 0.3 is 0 Å². The van der Waals surface area contributed by atoms with E-state index in [0.717, 1.165) is 30.0 Å². The van der Waals surface area contributed by atoms with Gasteiger partial charge in [0.15, 0.2) is 0 Å². The Balaban J connectivity index is 2.39. The van der Waals surface area contributed by atoms with Gasteiger partial charge in [-0.15, -0.1) is 0 Å². The molecule has 17 heavy (non-hydrogen) atoms. The van der Waals surface area contributed by atoms with E-state index in [1.807, 2.05) is 19.1 Å². The van der Waals surface area contributed by atoms with Crippen molar-refractivity contribution in [1.82, 2.24) is 4.98 Å². The van der Waals surface area contributed by atoms with Crippen LogP contribution in [0.25, 0.3) is 0 Å². The van der Waals surface area contributed by atoms with E-state index in [-0.39, 0.29) is 5.84 Å². The second-order valence-electron chi connectivity index (χ2n) is 4.66. The van der Waals surface area contributed by atoms with Gasteiger partial charge in [0, 0.05) is 18.3 Å². The number of nitrogens with two attached hydrogens (primary N) is 1. The zero-order valence-corrected chi connectivity index (χ0v) is 10.5. The standard InChI is InChI=1S/C13H20N4/c1-3-8-17(10-5-6-10)13-11(12(14)15)7-4-9(2)16-13/h4,7,10H,3,5-6,8H2,1-2H3,(H3,14,15). The molecule has 3 N–H and O–H groups in total. The van der Waals surface area contributed by atoms with Gasteiger partial charge in [-0.3, -0.25) is 5.41 Å². The molecular weight excluding hydrogens is 212 g/mol. The highest BCUT2D eigenvalue weighted by Crippen LogP contribution is 2.32. The first kappa shape index (κ1) is 11.9. The van der Waals surface area contributed by atoms with Crippen molar-refractivity contribution in [3.8, 4) is 0 Å². The van der Waals surface area contributed by atoms with Crippen LogP contribution in [0.3, 0.4) is 0 Å². The van der Waals surface area contributed by atoms with Gasteiger partial charge in [-0.2, -0.15) is 0 Å². The molecule has 1 heterocycles. The van der Waals surface area contributed by atoms with E-state index in [4.69, 9.17) is 11.1 Å². The van der Waals surface area contributed by atoms with Crippen LogP contribution in [0.1, 0.15) is 37.4 Å². The molecule has 0 aromatic carbocycles. The summed E-state index contributed by atoms with van der Waals surface area (Å²) in [5, 5.41) is 7.64. The normalized spacial score (nSPS) is 14.7. The number of rotatable bonds is 5. The number of nitrogens with one attached hydrogen (secondary N) is 1. The molecule has 0 radical (unpaired) electrons. The number of anilines is 1. The average molecular weight is 232 g/mol. The maximum absolute atomic E-state index is 7.64. The Hall–Kier alpha value is -1.58. The zero-order valence-electron chi connectivity index (χ0n) is 10.5. The van der Waals surface area contributed by atoms with Crippen molar-refractivity contribution >= 4 is 11.7 Å². The number of pyridine rings is 1. The Morgan fingerprint density at radius 1 is 1.53 bits per heavy atom. The van der Waals surface area contributed by atoms with E-state index in [1.165, 1.54) is 12.8 Å². The number of aromatic nitrogens is 1. The van der Waals surface area contributed by atoms with Gasteiger partial charge in [0.25, 0.3) is 0 Å². The first-order chi connectivity index (χ1) is 8.13. The summed E-state index contributed by atoms with van der Waals surface area (Å²) < 4.78 is 0. The molecule has 2 rings (SSSR count). The second kappa shape index (κ2) is 4.73. The number of aryl methyl sites for hydroxylation is 1. The van der Waals surface area contributed by atoms with Gasteiger partial charge < -0.3 is 10.6 Å². The Kier molecular flexibility index (Phi) is 3.31. The molecule has 4 nitrogen and oxygen atoms in total. The van der Waals surface area contributed by atoms with Crippen molar-refractivity contribution < 1.29 is 0 Å². The van der Waals surface area contributed by atoms with Gasteiger partial charge in [-0.25, -0.2) is 4.98 Å². The lowest BCUT2D eigenvalue weighted by molar-refractivity contribution is 0.748. The Labute approximate surface area is 102 Å². The van der Waals surface area contributed by atoms with Crippen molar-refractivity contribution in [2.75, 3.05) is 11.4 Å². The summed E-state index contributed by atoms with van der Waals surface area (Å²) in [4.78, 5) is 6.89. The minimum absolute atomic E-state index is 0.106. The predicted molar refractivity (Wildman–Crippen MR) is 70.6 cm³/mol. The summed E-state index contributed by atoms with van der Waals surface area (Å²) in [5.41, 5.74) is 7.37. The third kappa shape index (κ3) is 2.57. The molecule has 92 valence electrons. The SMILES string of the molecule is CCCN(c1nc(C)ccc1C(=N)N)C1CC1. The van der Waals surface area contributed by atoms with E-state index in [9.17, 15) is 0 Å². The number of amidine groups is 1. The van der Waals surface area contributed by atoms with Crippen LogP contribution in [0, 0.1) is 12.3 Å². The van der Waals surface area contributed by atoms with Crippen LogP contribution < -0.4 is 10.6 Å². The molecule has 1 aliphatic rings. The zero-order chi connectivity index (χ0) is 12.4. The summed E-state index contributed by atoms with van der Waals surface area (Å²) in [7, 11) is 0. The van der Waals surface area contributed by atoms with Crippen molar-refractivity contribution in [3.63, 3.8) is 0 Å². The molecule has 1 aromatic heterocycles. The number of nitrogens with zero attached hydrogens (tertiary/aromatic N) is 2. The van der Waals surface area contributed by atoms with Crippen molar-refractivity contribution in [2.24, 2.45) is 5.73 Å².